The molecule has 0 aliphatic rings. The number of para-hydroxylation sites is 1. The van der Waals surface area contributed by atoms with Crippen LogP contribution in [0.4, 0.5) is 4.39 Å². The van der Waals surface area contributed by atoms with Crippen molar-refractivity contribution in [3.8, 4) is 11.4 Å². The maximum Gasteiger partial charge on any atom is 0.252 e. The fraction of sp³-hybridized carbons (Fsp3) is 0.208. The molecule has 4 aromatic rings. The minimum absolute atomic E-state index is 0.221. The van der Waals surface area contributed by atoms with Crippen molar-refractivity contribution in [2.75, 3.05) is 6.54 Å². The van der Waals surface area contributed by atoms with Crippen LogP contribution < -0.4 is 5.32 Å². The third-order valence-corrected chi connectivity index (χ3v) is 5.34. The summed E-state index contributed by atoms with van der Waals surface area (Å²) in [6.45, 7) is 4.12. The Labute approximate surface area is 174 Å². The standard InChI is InChI=1S/C24H23FN4O/c1-24(2,18-9-5-6-10-19(18)25)15-26-23(30)17-14-21(22-12-13-27-29(22)3)28-20-11-7-4-8-16(17)20/h4-14H,15H2,1-3H3,(H,26,30). The van der Waals surface area contributed by atoms with E-state index in [0.717, 1.165) is 16.6 Å². The van der Waals surface area contributed by atoms with Crippen molar-refractivity contribution >= 4 is 16.8 Å². The molecule has 0 saturated carbocycles. The molecule has 152 valence electrons. The minimum atomic E-state index is -0.561. The molecule has 0 bridgehead atoms. The second-order valence-electron chi connectivity index (χ2n) is 7.96. The highest BCUT2D eigenvalue weighted by molar-refractivity contribution is 6.07. The number of pyridine rings is 1. The molecule has 30 heavy (non-hydrogen) atoms. The van der Waals surface area contributed by atoms with Crippen LogP contribution in [0.2, 0.25) is 0 Å². The molecule has 2 heterocycles. The third kappa shape index (κ3) is 3.68. The molecular weight excluding hydrogens is 379 g/mol. The van der Waals surface area contributed by atoms with Gasteiger partial charge in [-0.05, 0) is 29.8 Å². The number of nitrogens with zero attached hydrogens (tertiary/aromatic N) is 3. The average Bonchev–Trinajstić information content (AvgIpc) is 3.17. The fourth-order valence-electron chi connectivity index (χ4n) is 3.62. The fourth-order valence-corrected chi connectivity index (χ4v) is 3.62. The molecule has 4 rings (SSSR count). The van der Waals surface area contributed by atoms with Crippen molar-refractivity contribution in [3.63, 3.8) is 0 Å². The van der Waals surface area contributed by atoms with Gasteiger partial charge in [-0.25, -0.2) is 9.37 Å². The number of hydrogen-bond acceptors (Lipinski definition) is 3. The van der Waals surface area contributed by atoms with Gasteiger partial charge in [0.05, 0.1) is 22.5 Å². The van der Waals surface area contributed by atoms with Crippen LogP contribution in [0.5, 0.6) is 0 Å². The van der Waals surface area contributed by atoms with Crippen molar-refractivity contribution in [2.45, 2.75) is 19.3 Å². The third-order valence-electron chi connectivity index (χ3n) is 5.34. The van der Waals surface area contributed by atoms with Gasteiger partial charge in [-0.2, -0.15) is 5.10 Å². The zero-order chi connectivity index (χ0) is 21.3. The van der Waals surface area contributed by atoms with E-state index in [1.54, 1.807) is 35.1 Å². The molecular formula is C24H23FN4O. The number of carbonyl (C=O) groups is 1. The van der Waals surface area contributed by atoms with E-state index >= 15 is 0 Å². The summed E-state index contributed by atoms with van der Waals surface area (Å²) >= 11 is 0. The number of amides is 1. The normalized spacial score (nSPS) is 11.6. The maximum absolute atomic E-state index is 14.3. The van der Waals surface area contributed by atoms with Gasteiger partial charge in [0.1, 0.15) is 5.82 Å². The zero-order valence-corrected chi connectivity index (χ0v) is 17.2. The molecule has 0 atom stereocenters. The molecule has 2 aromatic carbocycles. The molecule has 0 fully saturated rings. The van der Waals surface area contributed by atoms with Crippen molar-refractivity contribution < 1.29 is 9.18 Å². The number of rotatable bonds is 5. The molecule has 2 aromatic heterocycles. The average molecular weight is 402 g/mol. The predicted octanol–water partition coefficient (Wildman–Crippen LogP) is 4.48. The van der Waals surface area contributed by atoms with Crippen LogP contribution in [0.1, 0.15) is 29.8 Å². The first-order valence-electron chi connectivity index (χ1n) is 9.78. The highest BCUT2D eigenvalue weighted by Crippen LogP contribution is 2.27. The van der Waals surface area contributed by atoms with Crippen molar-refractivity contribution in [1.29, 1.82) is 0 Å². The number of carbonyl (C=O) groups excluding carboxylic acids is 1. The number of hydrogen-bond donors (Lipinski definition) is 1. The van der Waals surface area contributed by atoms with Gasteiger partial charge in [0.2, 0.25) is 0 Å². The summed E-state index contributed by atoms with van der Waals surface area (Å²) in [5, 5.41) is 7.96. The molecule has 0 saturated heterocycles. The largest absolute Gasteiger partial charge is 0.351 e. The van der Waals surface area contributed by atoms with E-state index in [1.807, 2.05) is 51.2 Å². The van der Waals surface area contributed by atoms with Crippen LogP contribution in [0, 0.1) is 5.82 Å². The Hall–Kier alpha value is -3.54. The number of benzene rings is 2. The smallest absolute Gasteiger partial charge is 0.252 e. The van der Waals surface area contributed by atoms with E-state index in [0.29, 0.717) is 23.4 Å². The summed E-state index contributed by atoms with van der Waals surface area (Å²) in [5.41, 5.74) is 2.76. The Morgan fingerprint density at radius 1 is 1.10 bits per heavy atom. The Morgan fingerprint density at radius 2 is 1.83 bits per heavy atom. The second-order valence-corrected chi connectivity index (χ2v) is 7.96. The highest BCUT2D eigenvalue weighted by Gasteiger charge is 2.25. The SMILES string of the molecule is Cn1nccc1-c1cc(C(=O)NCC(C)(C)c2ccccc2F)c2ccccc2n1. The van der Waals surface area contributed by atoms with Gasteiger partial charge in [0.25, 0.3) is 5.91 Å². The van der Waals surface area contributed by atoms with E-state index in [4.69, 9.17) is 4.98 Å². The van der Waals surface area contributed by atoms with Crippen LogP contribution in [-0.2, 0) is 12.5 Å². The Morgan fingerprint density at radius 3 is 2.57 bits per heavy atom. The number of halogens is 1. The van der Waals surface area contributed by atoms with Gasteiger partial charge in [-0.1, -0.05) is 50.2 Å². The minimum Gasteiger partial charge on any atom is -0.351 e. The van der Waals surface area contributed by atoms with Gasteiger partial charge in [0.15, 0.2) is 0 Å². The quantitative estimate of drug-likeness (QED) is 0.535. The number of fused-ring (bicyclic) bond motifs is 1. The number of aromatic nitrogens is 3. The van der Waals surface area contributed by atoms with E-state index in [1.165, 1.54) is 6.07 Å². The van der Waals surface area contributed by atoms with Gasteiger partial charge >= 0.3 is 0 Å². The molecule has 0 radical (unpaired) electrons. The van der Waals surface area contributed by atoms with E-state index < -0.39 is 5.41 Å². The molecule has 6 heteroatoms. The monoisotopic (exact) mass is 402 g/mol. The van der Waals surface area contributed by atoms with Crippen molar-refractivity contribution in [2.24, 2.45) is 7.05 Å². The van der Waals surface area contributed by atoms with Gasteiger partial charge in [0, 0.05) is 30.6 Å². The molecule has 0 unspecified atom stereocenters. The van der Waals surface area contributed by atoms with E-state index in [9.17, 15) is 9.18 Å². The molecule has 0 aliphatic heterocycles. The van der Waals surface area contributed by atoms with Crippen LogP contribution in [0.15, 0.2) is 66.9 Å². The lowest BCUT2D eigenvalue weighted by atomic mass is 9.84. The Bertz CT molecular complexity index is 1230. The molecule has 1 amide bonds. The topological polar surface area (TPSA) is 59.8 Å². The summed E-state index contributed by atoms with van der Waals surface area (Å²) in [7, 11) is 1.84. The number of aryl methyl sites for hydroxylation is 1. The Kier molecular flexibility index (Phi) is 5.08. The summed E-state index contributed by atoms with van der Waals surface area (Å²) in [5.74, 6) is -0.494. The first-order chi connectivity index (χ1) is 14.4. The van der Waals surface area contributed by atoms with E-state index in [-0.39, 0.29) is 11.7 Å². The van der Waals surface area contributed by atoms with Gasteiger partial charge in [-0.15, -0.1) is 0 Å². The molecule has 5 nitrogen and oxygen atoms in total. The van der Waals surface area contributed by atoms with Crippen molar-refractivity contribution in [3.05, 3.63) is 83.8 Å². The highest BCUT2D eigenvalue weighted by atomic mass is 19.1. The van der Waals surface area contributed by atoms with Gasteiger partial charge in [-0.3, -0.25) is 9.48 Å². The second kappa shape index (κ2) is 7.71. The van der Waals surface area contributed by atoms with Crippen LogP contribution in [0.3, 0.4) is 0 Å². The van der Waals surface area contributed by atoms with Crippen LogP contribution in [-0.4, -0.2) is 27.2 Å². The van der Waals surface area contributed by atoms with Crippen LogP contribution >= 0.6 is 0 Å². The van der Waals surface area contributed by atoms with Gasteiger partial charge < -0.3 is 5.32 Å². The Balaban J connectivity index is 1.68. The number of nitrogens with one attached hydrogen (secondary N) is 1. The summed E-state index contributed by atoms with van der Waals surface area (Å²) in [4.78, 5) is 17.9. The van der Waals surface area contributed by atoms with Crippen molar-refractivity contribution in [1.82, 2.24) is 20.1 Å². The molecule has 0 spiro atoms. The summed E-state index contributed by atoms with van der Waals surface area (Å²) in [6, 6.07) is 17.8. The lowest BCUT2D eigenvalue weighted by Gasteiger charge is -2.26. The van der Waals surface area contributed by atoms with Crippen LogP contribution in [0.25, 0.3) is 22.3 Å². The predicted molar refractivity (Wildman–Crippen MR) is 116 cm³/mol. The summed E-state index contributed by atoms with van der Waals surface area (Å²) < 4.78 is 16.0. The maximum atomic E-state index is 14.3. The molecule has 1 N–H and O–H groups in total. The van der Waals surface area contributed by atoms with E-state index in [2.05, 4.69) is 10.4 Å². The first kappa shape index (κ1) is 19.8. The summed E-state index contributed by atoms with van der Waals surface area (Å²) in [6.07, 6.45) is 1.70. The molecule has 0 aliphatic carbocycles. The first-order valence-corrected chi connectivity index (χ1v) is 9.78. The lowest BCUT2D eigenvalue weighted by molar-refractivity contribution is 0.0947. The lowest BCUT2D eigenvalue weighted by Crippen LogP contribution is -2.37. The zero-order valence-electron chi connectivity index (χ0n) is 17.2.